The van der Waals surface area contributed by atoms with Crippen LogP contribution < -0.4 is 10.9 Å². The van der Waals surface area contributed by atoms with Crippen LogP contribution in [0.25, 0.3) is 0 Å². The third-order valence-corrected chi connectivity index (χ3v) is 3.63. The number of pyridine rings is 1. The van der Waals surface area contributed by atoms with E-state index in [9.17, 15) is 4.79 Å². The van der Waals surface area contributed by atoms with Crippen molar-refractivity contribution in [2.24, 2.45) is 5.92 Å². The molecule has 2 bridgehead atoms. The Kier molecular flexibility index (Phi) is 2.12. The van der Waals surface area contributed by atoms with Crippen molar-refractivity contribution in [2.45, 2.75) is 18.9 Å². The SMILES string of the molecule is C#Cc1cc2n(c(=O)c1)CC1CNC[C@@H]2C1. The van der Waals surface area contributed by atoms with E-state index in [4.69, 9.17) is 6.42 Å². The molecule has 82 valence electrons. The predicted molar refractivity (Wildman–Crippen MR) is 62.4 cm³/mol. The Hall–Kier alpha value is -1.53. The van der Waals surface area contributed by atoms with Crippen molar-refractivity contribution in [2.75, 3.05) is 13.1 Å². The molecule has 1 aromatic rings. The Morgan fingerprint density at radius 1 is 1.44 bits per heavy atom. The van der Waals surface area contributed by atoms with Gasteiger partial charge in [0.15, 0.2) is 0 Å². The van der Waals surface area contributed by atoms with Gasteiger partial charge >= 0.3 is 0 Å². The Morgan fingerprint density at radius 3 is 3.12 bits per heavy atom. The van der Waals surface area contributed by atoms with Crippen LogP contribution in [0.4, 0.5) is 0 Å². The average molecular weight is 214 g/mol. The molecule has 0 amide bonds. The highest BCUT2D eigenvalue weighted by atomic mass is 16.1. The van der Waals surface area contributed by atoms with E-state index in [-0.39, 0.29) is 5.56 Å². The van der Waals surface area contributed by atoms with Gasteiger partial charge in [0.05, 0.1) is 0 Å². The average Bonchev–Trinajstić information content (AvgIpc) is 2.31. The van der Waals surface area contributed by atoms with Gasteiger partial charge in [0.1, 0.15) is 0 Å². The van der Waals surface area contributed by atoms with E-state index in [2.05, 4.69) is 11.2 Å². The fraction of sp³-hybridized carbons (Fsp3) is 0.462. The highest BCUT2D eigenvalue weighted by Gasteiger charge is 2.30. The molecular weight excluding hydrogens is 200 g/mol. The van der Waals surface area contributed by atoms with Gasteiger partial charge in [0, 0.05) is 36.3 Å². The van der Waals surface area contributed by atoms with E-state index in [1.807, 2.05) is 10.6 Å². The number of nitrogens with one attached hydrogen (secondary N) is 1. The number of piperidine rings is 1. The second-order valence-electron chi connectivity index (χ2n) is 4.72. The van der Waals surface area contributed by atoms with E-state index in [0.29, 0.717) is 17.4 Å². The molecule has 2 aliphatic rings. The summed E-state index contributed by atoms with van der Waals surface area (Å²) in [5.74, 6) is 3.61. The summed E-state index contributed by atoms with van der Waals surface area (Å²) in [6.07, 6.45) is 6.55. The van der Waals surface area contributed by atoms with Crippen molar-refractivity contribution >= 4 is 0 Å². The van der Waals surface area contributed by atoms with Crippen molar-refractivity contribution in [3.8, 4) is 12.3 Å². The summed E-state index contributed by atoms with van der Waals surface area (Å²) >= 11 is 0. The zero-order chi connectivity index (χ0) is 11.1. The van der Waals surface area contributed by atoms with Crippen LogP contribution in [0.2, 0.25) is 0 Å². The second kappa shape index (κ2) is 3.50. The molecule has 16 heavy (non-hydrogen) atoms. The standard InChI is InChI=1S/C13H14N2O/c1-2-9-4-12-11-3-10(6-14-7-11)8-15(12)13(16)5-9/h1,4-5,10-11,14H,3,6-8H2/t10?,11-/m0/s1. The van der Waals surface area contributed by atoms with Crippen LogP contribution in [0.3, 0.4) is 0 Å². The maximum Gasteiger partial charge on any atom is 0.251 e. The van der Waals surface area contributed by atoms with E-state index >= 15 is 0 Å². The lowest BCUT2D eigenvalue weighted by Gasteiger charge is -2.37. The van der Waals surface area contributed by atoms with E-state index in [1.165, 1.54) is 6.42 Å². The van der Waals surface area contributed by atoms with Gasteiger partial charge in [0.2, 0.25) is 0 Å². The topological polar surface area (TPSA) is 34.0 Å². The molecule has 0 spiro atoms. The fourth-order valence-corrected chi connectivity index (χ4v) is 2.89. The summed E-state index contributed by atoms with van der Waals surface area (Å²) in [4.78, 5) is 11.9. The maximum atomic E-state index is 11.9. The van der Waals surface area contributed by atoms with E-state index in [0.717, 1.165) is 25.3 Å². The number of nitrogens with zero attached hydrogens (tertiary/aromatic N) is 1. The number of hydrogen-bond donors (Lipinski definition) is 1. The van der Waals surface area contributed by atoms with Gasteiger partial charge < -0.3 is 9.88 Å². The molecule has 1 unspecified atom stereocenters. The Bertz CT molecular complexity index is 524. The lowest BCUT2D eigenvalue weighted by molar-refractivity contribution is 0.257. The zero-order valence-corrected chi connectivity index (χ0v) is 9.07. The normalized spacial score (nSPS) is 26.9. The van der Waals surface area contributed by atoms with E-state index < -0.39 is 0 Å². The van der Waals surface area contributed by atoms with Crippen LogP contribution in [0.15, 0.2) is 16.9 Å². The minimum atomic E-state index is 0.0575. The summed E-state index contributed by atoms with van der Waals surface area (Å²) in [6, 6.07) is 3.56. The first-order valence-electron chi connectivity index (χ1n) is 5.70. The largest absolute Gasteiger partial charge is 0.316 e. The molecule has 2 aliphatic heterocycles. The van der Waals surface area contributed by atoms with Gasteiger partial charge in [-0.15, -0.1) is 6.42 Å². The molecule has 3 heteroatoms. The lowest BCUT2D eigenvalue weighted by Crippen LogP contribution is -2.44. The molecule has 1 saturated heterocycles. The quantitative estimate of drug-likeness (QED) is 0.639. The van der Waals surface area contributed by atoms with Crippen molar-refractivity contribution in [1.29, 1.82) is 0 Å². The third kappa shape index (κ3) is 1.38. The van der Waals surface area contributed by atoms with Gasteiger partial charge in [-0.2, -0.15) is 0 Å². The molecule has 0 saturated carbocycles. The molecular formula is C13H14N2O. The van der Waals surface area contributed by atoms with Crippen molar-refractivity contribution in [1.82, 2.24) is 9.88 Å². The first-order chi connectivity index (χ1) is 7.78. The number of terminal acetylenes is 1. The van der Waals surface area contributed by atoms with Gasteiger partial charge in [-0.25, -0.2) is 0 Å². The molecule has 1 N–H and O–H groups in total. The molecule has 1 aromatic heterocycles. The van der Waals surface area contributed by atoms with E-state index in [1.54, 1.807) is 6.07 Å². The third-order valence-electron chi connectivity index (χ3n) is 3.63. The molecule has 0 aromatic carbocycles. The smallest absolute Gasteiger partial charge is 0.251 e. The van der Waals surface area contributed by atoms with Gasteiger partial charge in [-0.3, -0.25) is 4.79 Å². The Morgan fingerprint density at radius 2 is 2.31 bits per heavy atom. The monoisotopic (exact) mass is 214 g/mol. The second-order valence-corrected chi connectivity index (χ2v) is 4.72. The first-order valence-corrected chi connectivity index (χ1v) is 5.70. The predicted octanol–water partition coefficient (Wildman–Crippen LogP) is 0.536. The van der Waals surface area contributed by atoms with Gasteiger partial charge in [-0.1, -0.05) is 5.92 Å². The van der Waals surface area contributed by atoms with Crippen LogP contribution in [0, 0.1) is 18.3 Å². The first kappa shape index (κ1) is 9.68. The van der Waals surface area contributed by atoms with Crippen molar-refractivity contribution in [3.63, 3.8) is 0 Å². The van der Waals surface area contributed by atoms with Crippen LogP contribution in [0.1, 0.15) is 23.6 Å². The van der Waals surface area contributed by atoms with Crippen LogP contribution in [-0.4, -0.2) is 17.7 Å². The van der Waals surface area contributed by atoms with Crippen molar-refractivity contribution < 1.29 is 0 Å². The molecule has 0 aliphatic carbocycles. The molecule has 2 atom stereocenters. The summed E-state index contributed by atoms with van der Waals surface area (Å²) in [5.41, 5.74) is 1.88. The molecule has 3 nitrogen and oxygen atoms in total. The summed E-state index contributed by atoms with van der Waals surface area (Å²) in [7, 11) is 0. The van der Waals surface area contributed by atoms with Gasteiger partial charge in [0.25, 0.3) is 5.56 Å². The molecule has 0 radical (unpaired) electrons. The number of rotatable bonds is 0. The molecule has 1 fully saturated rings. The maximum absolute atomic E-state index is 11.9. The number of aromatic nitrogens is 1. The fourth-order valence-electron chi connectivity index (χ4n) is 2.89. The molecule has 3 heterocycles. The molecule has 3 rings (SSSR count). The minimum Gasteiger partial charge on any atom is -0.316 e. The summed E-state index contributed by atoms with van der Waals surface area (Å²) in [6.45, 7) is 2.83. The summed E-state index contributed by atoms with van der Waals surface area (Å²) < 4.78 is 1.90. The highest BCUT2D eigenvalue weighted by molar-refractivity contribution is 5.34. The van der Waals surface area contributed by atoms with Crippen LogP contribution in [-0.2, 0) is 6.54 Å². The van der Waals surface area contributed by atoms with Crippen molar-refractivity contribution in [3.05, 3.63) is 33.7 Å². The Labute approximate surface area is 94.5 Å². The number of hydrogen-bond acceptors (Lipinski definition) is 2. The lowest BCUT2D eigenvalue weighted by atomic mass is 9.84. The minimum absolute atomic E-state index is 0.0575. The van der Waals surface area contributed by atoms with Gasteiger partial charge in [-0.05, 0) is 24.9 Å². The Balaban J connectivity index is 2.17. The highest BCUT2D eigenvalue weighted by Crippen LogP contribution is 2.31. The number of fused-ring (bicyclic) bond motifs is 4. The van der Waals surface area contributed by atoms with Crippen LogP contribution in [0.5, 0.6) is 0 Å². The van der Waals surface area contributed by atoms with Crippen LogP contribution >= 0.6 is 0 Å². The zero-order valence-electron chi connectivity index (χ0n) is 9.07. The summed E-state index contributed by atoms with van der Waals surface area (Å²) in [5, 5.41) is 3.42.